The third-order valence-corrected chi connectivity index (χ3v) is 8.90. The number of aromatic nitrogens is 1. The first-order valence-electron chi connectivity index (χ1n) is 8.37. The van der Waals surface area contributed by atoms with E-state index in [1.165, 1.54) is 13.8 Å². The summed E-state index contributed by atoms with van der Waals surface area (Å²) in [5, 5.41) is 6.43. The number of rotatable bonds is 6. The van der Waals surface area contributed by atoms with E-state index in [-0.39, 0.29) is 16.3 Å². The molecule has 0 saturated carbocycles. The fraction of sp³-hybridized carbons (Fsp3) is 0.412. The molecule has 2 aromatic rings. The quantitative estimate of drug-likeness (QED) is 0.730. The Labute approximate surface area is 167 Å². The van der Waals surface area contributed by atoms with Crippen LogP contribution in [0.3, 0.4) is 0 Å². The van der Waals surface area contributed by atoms with Gasteiger partial charge in [0.1, 0.15) is 10.6 Å². The molecule has 0 unspecified atom stereocenters. The average Bonchev–Trinajstić information content (AvgIpc) is 3.25. The molecule has 1 aliphatic rings. The summed E-state index contributed by atoms with van der Waals surface area (Å²) in [6, 6.07) is 6.70. The number of hydrogen-bond acceptors (Lipinski definition) is 7. The molecular weight excluding hydrogens is 406 g/mol. The zero-order valence-corrected chi connectivity index (χ0v) is 17.6. The molecule has 1 amide bonds. The van der Waals surface area contributed by atoms with Crippen LogP contribution in [-0.2, 0) is 14.8 Å². The van der Waals surface area contributed by atoms with E-state index in [4.69, 9.17) is 4.52 Å². The minimum absolute atomic E-state index is 0.0283. The number of benzene rings is 1. The van der Waals surface area contributed by atoms with Gasteiger partial charge in [0.15, 0.2) is 5.76 Å². The monoisotopic (exact) mass is 427 g/mol. The lowest BCUT2D eigenvalue weighted by Gasteiger charge is -2.15. The summed E-state index contributed by atoms with van der Waals surface area (Å²) >= 11 is 3.76. The molecule has 7 nitrogen and oxygen atoms in total. The Hall–Kier alpha value is -1.49. The summed E-state index contributed by atoms with van der Waals surface area (Å²) in [6.07, 6.45) is 0. The largest absolute Gasteiger partial charge is 0.360 e. The van der Waals surface area contributed by atoms with Gasteiger partial charge >= 0.3 is 0 Å². The topological polar surface area (TPSA) is 101 Å². The van der Waals surface area contributed by atoms with Gasteiger partial charge in [0, 0.05) is 17.2 Å². The van der Waals surface area contributed by atoms with Crippen LogP contribution in [0.4, 0.5) is 5.69 Å². The van der Waals surface area contributed by atoms with Gasteiger partial charge in [-0.05, 0) is 38.5 Å². The van der Waals surface area contributed by atoms with E-state index >= 15 is 0 Å². The van der Waals surface area contributed by atoms with Crippen molar-refractivity contribution in [2.45, 2.75) is 36.3 Å². The maximum absolute atomic E-state index is 12.5. The number of sulfonamides is 1. The molecule has 1 atom stereocenters. The second kappa shape index (κ2) is 8.26. The molecule has 1 aromatic heterocycles. The molecule has 2 N–H and O–H groups in total. The number of thioether (sulfide) groups is 2. The summed E-state index contributed by atoms with van der Waals surface area (Å²) in [5.41, 5.74) is 2.05. The number of carbonyl (C=O) groups excluding carboxylic acids is 1. The van der Waals surface area contributed by atoms with Gasteiger partial charge in [0.2, 0.25) is 15.9 Å². The smallest absolute Gasteiger partial charge is 0.246 e. The molecule has 0 bridgehead atoms. The van der Waals surface area contributed by atoms with Crippen molar-refractivity contribution in [3.63, 3.8) is 0 Å². The second-order valence-electron chi connectivity index (χ2n) is 6.18. The highest BCUT2D eigenvalue weighted by molar-refractivity contribution is 8.19. The van der Waals surface area contributed by atoms with Crippen LogP contribution in [-0.4, -0.2) is 37.0 Å². The van der Waals surface area contributed by atoms with E-state index < -0.39 is 22.0 Å². The number of carbonyl (C=O) groups is 1. The van der Waals surface area contributed by atoms with Crippen molar-refractivity contribution in [2.75, 3.05) is 16.8 Å². The SMILES string of the molecule is Cc1noc(C)c1S(=O)(=O)N[C@@H](C)C(=O)Nc1cccc(C2SCCS2)c1. The van der Waals surface area contributed by atoms with Crippen molar-refractivity contribution in [2.24, 2.45) is 0 Å². The highest BCUT2D eigenvalue weighted by Crippen LogP contribution is 2.45. The Morgan fingerprint density at radius 3 is 2.63 bits per heavy atom. The number of nitrogens with zero attached hydrogens (tertiary/aromatic N) is 1. The van der Waals surface area contributed by atoms with E-state index in [1.54, 1.807) is 13.0 Å². The van der Waals surface area contributed by atoms with Crippen LogP contribution in [0.5, 0.6) is 0 Å². The molecule has 0 aliphatic carbocycles. The third kappa shape index (κ3) is 4.68. The van der Waals surface area contributed by atoms with Crippen LogP contribution in [0.2, 0.25) is 0 Å². The number of anilines is 1. The van der Waals surface area contributed by atoms with Crippen molar-refractivity contribution >= 4 is 45.1 Å². The summed E-state index contributed by atoms with van der Waals surface area (Å²) in [5.74, 6) is 1.99. The fourth-order valence-corrected chi connectivity index (χ4v) is 7.14. The normalized spacial score (nSPS) is 16.4. The van der Waals surface area contributed by atoms with E-state index in [2.05, 4.69) is 15.2 Å². The molecule has 10 heteroatoms. The summed E-state index contributed by atoms with van der Waals surface area (Å²) in [7, 11) is -3.91. The lowest BCUT2D eigenvalue weighted by atomic mass is 10.2. The van der Waals surface area contributed by atoms with Gasteiger partial charge in [-0.1, -0.05) is 17.3 Å². The Morgan fingerprint density at radius 2 is 2.00 bits per heavy atom. The maximum Gasteiger partial charge on any atom is 0.246 e. The Balaban J connectivity index is 1.68. The minimum Gasteiger partial charge on any atom is -0.360 e. The Kier molecular flexibility index (Phi) is 6.19. The average molecular weight is 428 g/mol. The van der Waals surface area contributed by atoms with Gasteiger partial charge in [-0.3, -0.25) is 4.79 Å². The maximum atomic E-state index is 12.5. The lowest BCUT2D eigenvalue weighted by molar-refractivity contribution is -0.117. The van der Waals surface area contributed by atoms with Crippen LogP contribution in [0.25, 0.3) is 0 Å². The third-order valence-electron chi connectivity index (χ3n) is 4.01. The van der Waals surface area contributed by atoms with Crippen molar-refractivity contribution in [3.8, 4) is 0 Å². The molecule has 3 rings (SSSR count). The number of amides is 1. The van der Waals surface area contributed by atoms with Gasteiger partial charge < -0.3 is 9.84 Å². The van der Waals surface area contributed by atoms with Crippen LogP contribution < -0.4 is 10.0 Å². The predicted molar refractivity (Wildman–Crippen MR) is 108 cm³/mol. The van der Waals surface area contributed by atoms with E-state index in [9.17, 15) is 13.2 Å². The standard InChI is InChI=1S/C17H21N3O4S3/c1-10-15(12(3)24-19-10)27(22,23)20-11(2)16(21)18-14-6-4-5-13(9-14)17-25-7-8-26-17/h4-6,9,11,17,20H,7-8H2,1-3H3,(H,18,21)/t11-/m0/s1. The zero-order chi connectivity index (χ0) is 19.6. The number of aryl methyl sites for hydroxylation is 2. The number of nitrogens with one attached hydrogen (secondary N) is 2. The predicted octanol–water partition coefficient (Wildman–Crippen LogP) is 3.08. The first-order chi connectivity index (χ1) is 12.8. The summed E-state index contributed by atoms with van der Waals surface area (Å²) in [6.45, 7) is 4.56. The molecule has 1 aliphatic heterocycles. The van der Waals surface area contributed by atoms with Gasteiger partial charge in [-0.15, -0.1) is 23.5 Å². The van der Waals surface area contributed by atoms with E-state index in [0.717, 1.165) is 17.1 Å². The van der Waals surface area contributed by atoms with Crippen LogP contribution in [0.1, 0.15) is 28.5 Å². The lowest BCUT2D eigenvalue weighted by Crippen LogP contribution is -2.41. The molecule has 1 aromatic carbocycles. The highest BCUT2D eigenvalue weighted by atomic mass is 32.2. The van der Waals surface area contributed by atoms with Crippen LogP contribution >= 0.6 is 23.5 Å². The molecule has 1 fully saturated rings. The Bertz CT molecular complexity index is 917. The zero-order valence-electron chi connectivity index (χ0n) is 15.2. The molecule has 0 spiro atoms. The van der Waals surface area contributed by atoms with Gasteiger partial charge in [-0.25, -0.2) is 8.42 Å². The van der Waals surface area contributed by atoms with Crippen LogP contribution in [0, 0.1) is 13.8 Å². The fourth-order valence-electron chi connectivity index (χ4n) is 2.77. The number of hydrogen-bond donors (Lipinski definition) is 2. The van der Waals surface area contributed by atoms with E-state index in [1.807, 2.05) is 41.7 Å². The van der Waals surface area contributed by atoms with Crippen LogP contribution in [0.15, 0.2) is 33.7 Å². The minimum atomic E-state index is -3.91. The van der Waals surface area contributed by atoms with E-state index in [0.29, 0.717) is 10.3 Å². The second-order valence-corrected chi connectivity index (χ2v) is 10.6. The molecule has 1 saturated heterocycles. The highest BCUT2D eigenvalue weighted by Gasteiger charge is 2.28. The van der Waals surface area contributed by atoms with Crippen molar-refractivity contribution in [3.05, 3.63) is 41.3 Å². The van der Waals surface area contributed by atoms with Gasteiger partial charge in [0.05, 0.1) is 10.6 Å². The Morgan fingerprint density at radius 1 is 1.30 bits per heavy atom. The van der Waals surface area contributed by atoms with Crippen molar-refractivity contribution in [1.29, 1.82) is 0 Å². The molecule has 146 valence electrons. The molecule has 0 radical (unpaired) electrons. The first-order valence-corrected chi connectivity index (χ1v) is 12.0. The summed E-state index contributed by atoms with van der Waals surface area (Å²) in [4.78, 5) is 12.4. The summed E-state index contributed by atoms with van der Waals surface area (Å²) < 4.78 is 32.7. The van der Waals surface area contributed by atoms with Crippen molar-refractivity contribution in [1.82, 2.24) is 9.88 Å². The molecule has 2 heterocycles. The molecule has 27 heavy (non-hydrogen) atoms. The van der Waals surface area contributed by atoms with Gasteiger partial charge in [0.25, 0.3) is 0 Å². The van der Waals surface area contributed by atoms with Crippen molar-refractivity contribution < 1.29 is 17.7 Å². The first kappa shape index (κ1) is 20.2. The van der Waals surface area contributed by atoms with Gasteiger partial charge in [-0.2, -0.15) is 4.72 Å². The molecular formula is C17H21N3O4S3.